The molecule has 94 valence electrons. The first-order chi connectivity index (χ1) is 8.74. The zero-order valence-electron chi connectivity index (χ0n) is 9.87. The Hall–Kier alpha value is -1.81. The normalized spacial score (nSPS) is 10.6. The molecule has 0 radical (unpaired) electrons. The van der Waals surface area contributed by atoms with Gasteiger partial charge < -0.3 is 5.32 Å². The lowest BCUT2D eigenvalue weighted by Gasteiger charge is -2.05. The van der Waals surface area contributed by atoms with Gasteiger partial charge in [0.2, 0.25) is 0 Å². The van der Waals surface area contributed by atoms with Crippen LogP contribution in [-0.4, -0.2) is 11.5 Å². The highest BCUT2D eigenvalue weighted by Gasteiger charge is 2.00. The molecule has 0 aliphatic carbocycles. The maximum atomic E-state index is 12.9. The third-order valence-electron chi connectivity index (χ3n) is 2.54. The summed E-state index contributed by atoms with van der Waals surface area (Å²) < 4.78 is 25.8. The van der Waals surface area contributed by atoms with Crippen LogP contribution in [0.1, 0.15) is 11.3 Å². The molecule has 0 atom stereocenters. The summed E-state index contributed by atoms with van der Waals surface area (Å²) in [5, 5.41) is 3.13. The van der Waals surface area contributed by atoms with Gasteiger partial charge in [0.05, 0.1) is 0 Å². The SMILES string of the molecule is Fc1cc(F)cc(CNCCc2ccccn2)c1. The predicted octanol–water partition coefficient (Wildman–Crippen LogP) is 2.69. The zero-order chi connectivity index (χ0) is 12.8. The van der Waals surface area contributed by atoms with E-state index < -0.39 is 11.6 Å². The largest absolute Gasteiger partial charge is 0.312 e. The van der Waals surface area contributed by atoms with Crippen molar-refractivity contribution in [3.63, 3.8) is 0 Å². The van der Waals surface area contributed by atoms with E-state index in [9.17, 15) is 8.78 Å². The monoisotopic (exact) mass is 248 g/mol. The molecule has 0 aliphatic rings. The van der Waals surface area contributed by atoms with E-state index in [0.29, 0.717) is 12.1 Å². The van der Waals surface area contributed by atoms with E-state index in [2.05, 4.69) is 10.3 Å². The van der Waals surface area contributed by atoms with Gasteiger partial charge in [0, 0.05) is 37.5 Å². The van der Waals surface area contributed by atoms with E-state index in [1.54, 1.807) is 6.20 Å². The molecule has 18 heavy (non-hydrogen) atoms. The number of hydrogen-bond acceptors (Lipinski definition) is 2. The maximum absolute atomic E-state index is 12.9. The topological polar surface area (TPSA) is 24.9 Å². The van der Waals surface area contributed by atoms with E-state index in [0.717, 1.165) is 24.7 Å². The molecule has 0 bridgehead atoms. The van der Waals surface area contributed by atoms with E-state index >= 15 is 0 Å². The van der Waals surface area contributed by atoms with Crippen LogP contribution < -0.4 is 5.32 Å². The Labute approximate surface area is 105 Å². The molecule has 4 heteroatoms. The molecular weight excluding hydrogens is 234 g/mol. The van der Waals surface area contributed by atoms with Crippen molar-refractivity contribution in [2.75, 3.05) is 6.54 Å². The Morgan fingerprint density at radius 1 is 1.06 bits per heavy atom. The number of aromatic nitrogens is 1. The van der Waals surface area contributed by atoms with E-state index in [4.69, 9.17) is 0 Å². The van der Waals surface area contributed by atoms with Crippen LogP contribution in [-0.2, 0) is 13.0 Å². The van der Waals surface area contributed by atoms with Crippen LogP contribution in [0.5, 0.6) is 0 Å². The second-order valence-electron chi connectivity index (χ2n) is 4.03. The molecule has 0 saturated carbocycles. The third-order valence-corrected chi connectivity index (χ3v) is 2.54. The van der Waals surface area contributed by atoms with Gasteiger partial charge in [0.25, 0.3) is 0 Å². The second-order valence-corrected chi connectivity index (χ2v) is 4.03. The van der Waals surface area contributed by atoms with Crippen molar-refractivity contribution in [2.24, 2.45) is 0 Å². The van der Waals surface area contributed by atoms with Gasteiger partial charge in [0.1, 0.15) is 11.6 Å². The highest BCUT2D eigenvalue weighted by atomic mass is 19.1. The second kappa shape index (κ2) is 6.21. The molecule has 1 heterocycles. The summed E-state index contributed by atoms with van der Waals surface area (Å²) >= 11 is 0. The van der Waals surface area contributed by atoms with Gasteiger partial charge in [0.15, 0.2) is 0 Å². The van der Waals surface area contributed by atoms with Crippen molar-refractivity contribution in [3.8, 4) is 0 Å². The third kappa shape index (κ3) is 3.89. The lowest BCUT2D eigenvalue weighted by molar-refractivity contribution is 0.575. The van der Waals surface area contributed by atoms with Gasteiger partial charge in [-0.05, 0) is 29.8 Å². The molecule has 0 spiro atoms. The Kier molecular flexibility index (Phi) is 4.36. The van der Waals surface area contributed by atoms with Gasteiger partial charge >= 0.3 is 0 Å². The van der Waals surface area contributed by atoms with Crippen LogP contribution in [0.25, 0.3) is 0 Å². The number of benzene rings is 1. The summed E-state index contributed by atoms with van der Waals surface area (Å²) in [5.41, 5.74) is 1.60. The average molecular weight is 248 g/mol. The fourth-order valence-electron chi connectivity index (χ4n) is 1.71. The quantitative estimate of drug-likeness (QED) is 0.823. The van der Waals surface area contributed by atoms with Crippen LogP contribution in [0.3, 0.4) is 0 Å². The number of pyridine rings is 1. The summed E-state index contributed by atoms with van der Waals surface area (Å²) in [6, 6.07) is 9.28. The first kappa shape index (κ1) is 12.6. The van der Waals surface area contributed by atoms with Gasteiger partial charge in [-0.15, -0.1) is 0 Å². The molecule has 2 aromatic rings. The summed E-state index contributed by atoms with van der Waals surface area (Å²) in [6.45, 7) is 1.16. The molecule has 1 aromatic carbocycles. The molecule has 1 aromatic heterocycles. The number of rotatable bonds is 5. The van der Waals surface area contributed by atoms with Crippen molar-refractivity contribution in [2.45, 2.75) is 13.0 Å². The molecule has 2 nitrogen and oxygen atoms in total. The zero-order valence-corrected chi connectivity index (χ0v) is 9.87. The molecule has 2 rings (SSSR count). The minimum atomic E-state index is -0.545. The lowest BCUT2D eigenvalue weighted by atomic mass is 10.2. The smallest absolute Gasteiger partial charge is 0.126 e. The fourth-order valence-corrected chi connectivity index (χ4v) is 1.71. The van der Waals surface area contributed by atoms with Gasteiger partial charge in [-0.25, -0.2) is 8.78 Å². The van der Waals surface area contributed by atoms with Crippen LogP contribution in [0.15, 0.2) is 42.6 Å². The van der Waals surface area contributed by atoms with Crippen molar-refractivity contribution in [3.05, 3.63) is 65.5 Å². The Morgan fingerprint density at radius 3 is 2.50 bits per heavy atom. The van der Waals surface area contributed by atoms with Crippen LogP contribution in [0, 0.1) is 11.6 Å². The van der Waals surface area contributed by atoms with E-state index in [1.165, 1.54) is 12.1 Å². The average Bonchev–Trinajstić information content (AvgIpc) is 2.35. The van der Waals surface area contributed by atoms with Crippen molar-refractivity contribution in [1.82, 2.24) is 10.3 Å². The van der Waals surface area contributed by atoms with Gasteiger partial charge in [-0.3, -0.25) is 4.98 Å². The van der Waals surface area contributed by atoms with Crippen molar-refractivity contribution >= 4 is 0 Å². The lowest BCUT2D eigenvalue weighted by Crippen LogP contribution is -2.17. The molecule has 0 unspecified atom stereocenters. The standard InChI is InChI=1S/C14H14F2N2/c15-12-7-11(8-13(16)9-12)10-17-6-4-14-3-1-2-5-18-14/h1-3,5,7-9,17H,4,6,10H2. The summed E-state index contributed by atoms with van der Waals surface area (Å²) in [5.74, 6) is -1.09. The number of halogens is 2. The molecule has 0 amide bonds. The number of hydrogen-bond donors (Lipinski definition) is 1. The molecule has 0 aliphatic heterocycles. The summed E-state index contributed by atoms with van der Waals surface area (Å²) in [4.78, 5) is 4.19. The first-order valence-electron chi connectivity index (χ1n) is 5.79. The molecule has 0 fully saturated rings. The highest BCUT2D eigenvalue weighted by molar-refractivity contribution is 5.17. The van der Waals surface area contributed by atoms with E-state index in [-0.39, 0.29) is 0 Å². The molecular formula is C14H14F2N2. The minimum Gasteiger partial charge on any atom is -0.312 e. The van der Waals surface area contributed by atoms with Crippen molar-refractivity contribution in [1.29, 1.82) is 0 Å². The van der Waals surface area contributed by atoms with Crippen LogP contribution in [0.4, 0.5) is 8.78 Å². The fraction of sp³-hybridized carbons (Fsp3) is 0.214. The molecule has 0 saturated heterocycles. The summed E-state index contributed by atoms with van der Waals surface area (Å²) in [6.07, 6.45) is 2.54. The predicted molar refractivity (Wildman–Crippen MR) is 66.0 cm³/mol. The Balaban J connectivity index is 1.78. The molecule has 1 N–H and O–H groups in total. The van der Waals surface area contributed by atoms with Gasteiger partial charge in [-0.2, -0.15) is 0 Å². The van der Waals surface area contributed by atoms with Crippen LogP contribution in [0.2, 0.25) is 0 Å². The van der Waals surface area contributed by atoms with Crippen LogP contribution >= 0.6 is 0 Å². The minimum absolute atomic E-state index is 0.446. The first-order valence-corrected chi connectivity index (χ1v) is 5.79. The van der Waals surface area contributed by atoms with Crippen molar-refractivity contribution < 1.29 is 8.78 Å². The maximum Gasteiger partial charge on any atom is 0.126 e. The Morgan fingerprint density at radius 2 is 1.83 bits per heavy atom. The number of nitrogens with zero attached hydrogens (tertiary/aromatic N) is 1. The highest BCUT2D eigenvalue weighted by Crippen LogP contribution is 2.07. The summed E-state index contributed by atoms with van der Waals surface area (Å²) in [7, 11) is 0. The van der Waals surface area contributed by atoms with E-state index in [1.807, 2.05) is 18.2 Å². The number of nitrogens with one attached hydrogen (secondary N) is 1. The Bertz CT molecular complexity index is 480. The van der Waals surface area contributed by atoms with Gasteiger partial charge in [-0.1, -0.05) is 6.07 Å².